The van der Waals surface area contributed by atoms with Gasteiger partial charge >= 0.3 is 0 Å². The normalized spacial score (nSPS) is 11.9. The van der Waals surface area contributed by atoms with Crippen LogP contribution in [0.3, 0.4) is 0 Å². The summed E-state index contributed by atoms with van der Waals surface area (Å²) in [5.41, 5.74) is 5.71. The van der Waals surface area contributed by atoms with Crippen LogP contribution < -0.4 is 10.9 Å². The van der Waals surface area contributed by atoms with Crippen LogP contribution in [-0.4, -0.2) is 17.1 Å². The molecule has 0 aromatic carbocycles. The summed E-state index contributed by atoms with van der Waals surface area (Å²) in [6.07, 6.45) is 0.363. The van der Waals surface area contributed by atoms with Crippen molar-refractivity contribution in [3.8, 4) is 0 Å². The summed E-state index contributed by atoms with van der Waals surface area (Å²) in [6.45, 7) is 6.94. The Hall–Kier alpha value is -1.03. The van der Waals surface area contributed by atoms with Crippen LogP contribution in [0, 0.1) is 0 Å². The largest absolute Gasteiger partial charge is 0.393 e. The maximum Gasteiger partial charge on any atom is 0.238 e. The Morgan fingerprint density at radius 3 is 2.58 bits per heavy atom. The number of hydrogen-bond donors (Lipinski definition) is 3. The summed E-state index contributed by atoms with van der Waals surface area (Å²) in [4.78, 5) is 10.9. The topological polar surface area (TPSA) is 61.4 Å². The van der Waals surface area contributed by atoms with Crippen molar-refractivity contribution in [2.45, 2.75) is 32.8 Å². The van der Waals surface area contributed by atoms with Crippen LogP contribution in [0.1, 0.15) is 26.7 Å². The third kappa shape index (κ3) is 7.08. The van der Waals surface area contributed by atoms with E-state index in [2.05, 4.69) is 17.4 Å². The molecule has 1 amide bonds. The van der Waals surface area contributed by atoms with E-state index < -0.39 is 6.10 Å². The molecule has 0 spiro atoms. The van der Waals surface area contributed by atoms with E-state index in [1.54, 1.807) is 13.8 Å². The van der Waals surface area contributed by atoms with Gasteiger partial charge in [0.05, 0.1) is 6.10 Å². The smallest absolute Gasteiger partial charge is 0.238 e. The van der Waals surface area contributed by atoms with E-state index in [9.17, 15) is 4.79 Å². The first-order valence-electron chi connectivity index (χ1n) is 3.91. The molecule has 0 fully saturated rings. The lowest BCUT2D eigenvalue weighted by molar-refractivity contribution is -0.122. The van der Waals surface area contributed by atoms with Crippen LogP contribution in [0.25, 0.3) is 0 Å². The highest BCUT2D eigenvalue weighted by molar-refractivity contribution is 5.75. The average Bonchev–Trinajstić information content (AvgIpc) is 1.96. The lowest BCUT2D eigenvalue weighted by Gasteiger charge is -2.07. The number of allylic oxidation sites excluding steroid dienone is 1. The van der Waals surface area contributed by atoms with E-state index in [0.717, 1.165) is 0 Å². The molecule has 0 saturated heterocycles. The van der Waals surface area contributed by atoms with Crippen LogP contribution >= 0.6 is 0 Å². The first-order valence-corrected chi connectivity index (χ1v) is 3.91. The molecule has 1 atom stereocenters. The molecule has 4 heteroatoms. The molecule has 0 aliphatic rings. The highest BCUT2D eigenvalue weighted by Gasteiger charge is 2.02. The fraction of sp³-hybridized carbons (Fsp3) is 0.625. The monoisotopic (exact) mass is 172 g/mol. The van der Waals surface area contributed by atoms with Gasteiger partial charge in [0.1, 0.15) is 0 Å². The van der Waals surface area contributed by atoms with E-state index in [0.29, 0.717) is 18.5 Å². The molecule has 0 aliphatic heterocycles. The Labute approximate surface area is 72.6 Å². The van der Waals surface area contributed by atoms with Gasteiger partial charge in [-0.1, -0.05) is 6.58 Å². The molecule has 4 nitrogen and oxygen atoms in total. The van der Waals surface area contributed by atoms with Gasteiger partial charge in [0.2, 0.25) is 5.91 Å². The highest BCUT2D eigenvalue weighted by Crippen LogP contribution is 1.94. The van der Waals surface area contributed by atoms with Gasteiger partial charge in [-0.15, -0.1) is 0 Å². The SMILES string of the molecule is C=C(C)NNC(=O)CCC(C)O. The molecule has 0 rings (SSSR count). The first-order chi connectivity index (χ1) is 5.52. The minimum absolute atomic E-state index is 0.140. The molecule has 0 aromatic rings. The number of aliphatic hydroxyl groups is 1. The van der Waals surface area contributed by atoms with Crippen molar-refractivity contribution < 1.29 is 9.90 Å². The fourth-order valence-electron chi connectivity index (χ4n) is 0.579. The van der Waals surface area contributed by atoms with Gasteiger partial charge in [-0.3, -0.25) is 10.2 Å². The second-order valence-corrected chi connectivity index (χ2v) is 2.84. The molecule has 0 radical (unpaired) electrons. The Morgan fingerprint density at radius 1 is 1.58 bits per heavy atom. The summed E-state index contributed by atoms with van der Waals surface area (Å²) in [7, 11) is 0. The van der Waals surface area contributed by atoms with E-state index in [-0.39, 0.29) is 5.91 Å². The number of carbonyl (C=O) groups is 1. The molecular weight excluding hydrogens is 156 g/mol. The van der Waals surface area contributed by atoms with E-state index in [1.165, 1.54) is 0 Å². The molecule has 70 valence electrons. The van der Waals surface area contributed by atoms with Crippen LogP contribution in [-0.2, 0) is 4.79 Å². The maximum atomic E-state index is 10.9. The van der Waals surface area contributed by atoms with E-state index in [4.69, 9.17) is 5.11 Å². The number of nitrogens with one attached hydrogen (secondary N) is 2. The van der Waals surface area contributed by atoms with Gasteiger partial charge in [-0.2, -0.15) is 0 Å². The minimum Gasteiger partial charge on any atom is -0.393 e. The average molecular weight is 172 g/mol. The predicted molar refractivity (Wildman–Crippen MR) is 47.0 cm³/mol. The first kappa shape index (κ1) is 11.0. The molecule has 1 unspecified atom stereocenters. The van der Waals surface area contributed by atoms with E-state index in [1.807, 2.05) is 0 Å². The summed E-state index contributed by atoms with van der Waals surface area (Å²) >= 11 is 0. The van der Waals surface area contributed by atoms with Crippen molar-refractivity contribution in [3.63, 3.8) is 0 Å². The third-order valence-corrected chi connectivity index (χ3v) is 1.20. The number of amides is 1. The van der Waals surface area contributed by atoms with Crippen molar-refractivity contribution in [3.05, 3.63) is 12.3 Å². The molecule has 0 aromatic heterocycles. The van der Waals surface area contributed by atoms with Gasteiger partial charge in [0.15, 0.2) is 0 Å². The molecule has 0 heterocycles. The van der Waals surface area contributed by atoms with Crippen LogP contribution in [0.2, 0.25) is 0 Å². The molecule has 0 aliphatic carbocycles. The van der Waals surface area contributed by atoms with Crippen molar-refractivity contribution in [2.24, 2.45) is 0 Å². The molecular formula is C8H16N2O2. The molecule has 0 saturated carbocycles. The van der Waals surface area contributed by atoms with Crippen LogP contribution in [0.5, 0.6) is 0 Å². The summed E-state index contributed by atoms with van der Waals surface area (Å²) in [6, 6.07) is 0. The van der Waals surface area contributed by atoms with Crippen LogP contribution in [0.4, 0.5) is 0 Å². The molecule has 3 N–H and O–H groups in total. The zero-order chi connectivity index (χ0) is 9.56. The van der Waals surface area contributed by atoms with Crippen molar-refractivity contribution in [1.82, 2.24) is 10.9 Å². The molecule has 0 bridgehead atoms. The summed E-state index contributed by atoms with van der Waals surface area (Å²) < 4.78 is 0. The lowest BCUT2D eigenvalue weighted by atomic mass is 10.2. The number of carbonyl (C=O) groups excluding carboxylic acids is 1. The van der Waals surface area contributed by atoms with Crippen LogP contribution in [0.15, 0.2) is 12.3 Å². The van der Waals surface area contributed by atoms with Crippen molar-refractivity contribution >= 4 is 5.91 Å². The minimum atomic E-state index is -0.430. The fourth-order valence-corrected chi connectivity index (χ4v) is 0.579. The highest BCUT2D eigenvalue weighted by atomic mass is 16.3. The maximum absolute atomic E-state index is 10.9. The zero-order valence-electron chi connectivity index (χ0n) is 7.55. The quantitative estimate of drug-likeness (QED) is 0.523. The number of rotatable bonds is 5. The lowest BCUT2D eigenvalue weighted by Crippen LogP contribution is -2.35. The molecule has 12 heavy (non-hydrogen) atoms. The van der Waals surface area contributed by atoms with Gasteiger partial charge in [0, 0.05) is 12.1 Å². The van der Waals surface area contributed by atoms with Crippen molar-refractivity contribution in [1.29, 1.82) is 0 Å². The Morgan fingerprint density at radius 2 is 2.17 bits per heavy atom. The van der Waals surface area contributed by atoms with Crippen molar-refractivity contribution in [2.75, 3.05) is 0 Å². The summed E-state index contributed by atoms with van der Waals surface area (Å²) in [5, 5.41) is 8.86. The number of hydrazine groups is 1. The predicted octanol–water partition coefficient (Wildman–Crippen LogP) is 0.302. The Balaban J connectivity index is 3.40. The van der Waals surface area contributed by atoms with Gasteiger partial charge in [0.25, 0.3) is 0 Å². The van der Waals surface area contributed by atoms with E-state index >= 15 is 0 Å². The number of aliphatic hydroxyl groups excluding tert-OH is 1. The van der Waals surface area contributed by atoms with Gasteiger partial charge in [-0.05, 0) is 20.3 Å². The summed E-state index contributed by atoms with van der Waals surface area (Å²) in [5.74, 6) is -0.140. The zero-order valence-corrected chi connectivity index (χ0v) is 7.55. The van der Waals surface area contributed by atoms with Gasteiger partial charge in [-0.25, -0.2) is 0 Å². The standard InChI is InChI=1S/C8H16N2O2/c1-6(2)9-10-8(12)5-4-7(3)11/h7,9,11H,1,4-5H2,2-3H3,(H,10,12). The number of hydrogen-bond acceptors (Lipinski definition) is 3. The Bertz CT molecular complexity index is 166. The second kappa shape index (κ2) is 5.60. The Kier molecular flexibility index (Phi) is 5.12. The van der Waals surface area contributed by atoms with Gasteiger partial charge < -0.3 is 10.5 Å². The third-order valence-electron chi connectivity index (χ3n) is 1.20. The second-order valence-electron chi connectivity index (χ2n) is 2.84.